The Bertz CT molecular complexity index is 677. The molecule has 2 aromatic rings. The van der Waals surface area contributed by atoms with Crippen LogP contribution in [0.2, 0.25) is 0 Å². The van der Waals surface area contributed by atoms with Gasteiger partial charge in [0.25, 0.3) is 0 Å². The molecular formula is C16H18F3N3O2. The van der Waals surface area contributed by atoms with E-state index < -0.39 is 11.7 Å². The summed E-state index contributed by atoms with van der Waals surface area (Å²) in [5.41, 5.74) is -0.568. The van der Waals surface area contributed by atoms with Crippen molar-refractivity contribution in [2.45, 2.75) is 43.9 Å². The van der Waals surface area contributed by atoms with E-state index in [9.17, 15) is 18.3 Å². The molecule has 5 nitrogen and oxygen atoms in total. The largest absolute Gasteiger partial charge is 0.416 e. The van der Waals surface area contributed by atoms with Crippen molar-refractivity contribution in [3.8, 4) is 11.4 Å². The van der Waals surface area contributed by atoms with Gasteiger partial charge in [-0.05, 0) is 25.0 Å². The normalized spacial score (nSPS) is 17.3. The Balaban J connectivity index is 1.67. The summed E-state index contributed by atoms with van der Waals surface area (Å²) in [6, 6.07) is 4.61. The minimum absolute atomic E-state index is 0.0485. The minimum atomic E-state index is -4.37. The Morgan fingerprint density at radius 2 is 1.83 bits per heavy atom. The zero-order valence-corrected chi connectivity index (χ0v) is 12.9. The summed E-state index contributed by atoms with van der Waals surface area (Å²) in [5, 5.41) is 16.6. The number of hydrogen-bond acceptors (Lipinski definition) is 5. The molecule has 1 heterocycles. The van der Waals surface area contributed by atoms with E-state index in [4.69, 9.17) is 4.52 Å². The standard InChI is InChI=1S/C16H18F3N3O2/c17-16(18,19)12-5-3-11(4-6-12)14-21-13(24-22-14)9-20-15(10-23)7-1-2-8-15/h3-6,20,23H,1-2,7-10H2. The maximum Gasteiger partial charge on any atom is 0.416 e. The zero-order valence-electron chi connectivity index (χ0n) is 12.9. The van der Waals surface area contributed by atoms with Crippen LogP contribution in [0, 0.1) is 0 Å². The van der Waals surface area contributed by atoms with Gasteiger partial charge >= 0.3 is 6.18 Å². The molecule has 0 saturated heterocycles. The summed E-state index contributed by atoms with van der Waals surface area (Å²) in [6.07, 6.45) is -0.458. The Hall–Kier alpha value is -1.93. The molecule has 0 amide bonds. The minimum Gasteiger partial charge on any atom is -0.394 e. The van der Waals surface area contributed by atoms with Gasteiger partial charge in [-0.15, -0.1) is 0 Å². The van der Waals surface area contributed by atoms with Gasteiger partial charge in [0, 0.05) is 11.1 Å². The fraction of sp³-hybridized carbons (Fsp3) is 0.500. The average Bonchev–Trinajstić information content (AvgIpc) is 3.22. The number of rotatable bonds is 5. The topological polar surface area (TPSA) is 71.2 Å². The molecule has 8 heteroatoms. The molecule has 0 aliphatic heterocycles. The van der Waals surface area contributed by atoms with Crippen molar-refractivity contribution in [2.75, 3.05) is 6.61 Å². The van der Waals surface area contributed by atoms with Crippen molar-refractivity contribution in [3.63, 3.8) is 0 Å². The van der Waals surface area contributed by atoms with Crippen molar-refractivity contribution >= 4 is 0 Å². The number of alkyl halides is 3. The lowest BCUT2D eigenvalue weighted by Gasteiger charge is -2.27. The van der Waals surface area contributed by atoms with Gasteiger partial charge in [-0.1, -0.05) is 30.1 Å². The van der Waals surface area contributed by atoms with Crippen LogP contribution < -0.4 is 5.32 Å². The van der Waals surface area contributed by atoms with Crippen LogP contribution in [0.1, 0.15) is 37.1 Å². The third-order valence-electron chi connectivity index (χ3n) is 4.42. The van der Waals surface area contributed by atoms with Crippen LogP contribution in [-0.4, -0.2) is 27.4 Å². The first kappa shape index (κ1) is 16.9. The molecule has 130 valence electrons. The van der Waals surface area contributed by atoms with E-state index in [-0.39, 0.29) is 18.0 Å². The molecule has 1 aliphatic carbocycles. The van der Waals surface area contributed by atoms with Gasteiger partial charge in [-0.25, -0.2) is 0 Å². The maximum absolute atomic E-state index is 12.6. The predicted molar refractivity (Wildman–Crippen MR) is 79.9 cm³/mol. The third kappa shape index (κ3) is 3.59. The molecule has 0 radical (unpaired) electrons. The van der Waals surface area contributed by atoms with Gasteiger partial charge < -0.3 is 14.9 Å². The Morgan fingerprint density at radius 3 is 2.42 bits per heavy atom. The SMILES string of the molecule is OCC1(NCc2nc(-c3ccc(C(F)(F)F)cc3)no2)CCCC1. The van der Waals surface area contributed by atoms with Gasteiger partial charge in [-0.3, -0.25) is 0 Å². The molecule has 1 saturated carbocycles. The molecule has 1 fully saturated rings. The van der Waals surface area contributed by atoms with E-state index >= 15 is 0 Å². The van der Waals surface area contributed by atoms with E-state index in [1.165, 1.54) is 12.1 Å². The molecule has 1 aliphatic rings. The van der Waals surface area contributed by atoms with Crippen LogP contribution in [0.4, 0.5) is 13.2 Å². The highest BCUT2D eigenvalue weighted by atomic mass is 19.4. The molecule has 24 heavy (non-hydrogen) atoms. The average molecular weight is 341 g/mol. The first-order chi connectivity index (χ1) is 11.4. The lowest BCUT2D eigenvalue weighted by molar-refractivity contribution is -0.137. The lowest BCUT2D eigenvalue weighted by Crippen LogP contribution is -2.45. The first-order valence-corrected chi connectivity index (χ1v) is 7.78. The Kier molecular flexibility index (Phi) is 4.60. The number of hydrogen-bond donors (Lipinski definition) is 2. The van der Waals surface area contributed by atoms with Gasteiger partial charge in [-0.2, -0.15) is 18.2 Å². The second-order valence-electron chi connectivity index (χ2n) is 6.09. The Morgan fingerprint density at radius 1 is 1.17 bits per heavy atom. The summed E-state index contributed by atoms with van der Waals surface area (Å²) in [7, 11) is 0. The number of benzene rings is 1. The van der Waals surface area contributed by atoms with Crippen molar-refractivity contribution in [2.24, 2.45) is 0 Å². The second-order valence-corrected chi connectivity index (χ2v) is 6.09. The number of aliphatic hydroxyl groups excluding tert-OH is 1. The van der Waals surface area contributed by atoms with Crippen molar-refractivity contribution < 1.29 is 22.8 Å². The number of halogens is 3. The zero-order chi connectivity index (χ0) is 17.2. The van der Waals surface area contributed by atoms with Gasteiger partial charge in [0.15, 0.2) is 0 Å². The number of aliphatic hydroxyl groups is 1. The fourth-order valence-corrected chi connectivity index (χ4v) is 2.96. The lowest BCUT2D eigenvalue weighted by atomic mass is 9.99. The van der Waals surface area contributed by atoms with Crippen LogP contribution in [0.15, 0.2) is 28.8 Å². The highest BCUT2D eigenvalue weighted by Crippen LogP contribution is 2.31. The quantitative estimate of drug-likeness (QED) is 0.874. The van der Waals surface area contributed by atoms with E-state index in [0.29, 0.717) is 18.0 Å². The van der Waals surface area contributed by atoms with E-state index in [0.717, 1.165) is 37.8 Å². The summed E-state index contributed by atoms with van der Waals surface area (Å²) in [4.78, 5) is 4.20. The van der Waals surface area contributed by atoms with E-state index in [1.54, 1.807) is 0 Å². The molecule has 0 atom stereocenters. The summed E-state index contributed by atoms with van der Waals surface area (Å²) < 4.78 is 42.8. The monoisotopic (exact) mass is 341 g/mol. The van der Waals surface area contributed by atoms with E-state index in [1.807, 2.05) is 0 Å². The first-order valence-electron chi connectivity index (χ1n) is 7.78. The smallest absolute Gasteiger partial charge is 0.394 e. The van der Waals surface area contributed by atoms with Crippen molar-refractivity contribution in [1.82, 2.24) is 15.5 Å². The van der Waals surface area contributed by atoms with Gasteiger partial charge in [0.05, 0.1) is 18.7 Å². The summed E-state index contributed by atoms with van der Waals surface area (Å²) >= 11 is 0. The predicted octanol–water partition coefficient (Wildman–Crippen LogP) is 3.15. The summed E-state index contributed by atoms with van der Waals surface area (Å²) in [6.45, 7) is 0.362. The number of nitrogens with one attached hydrogen (secondary N) is 1. The maximum atomic E-state index is 12.6. The van der Waals surface area contributed by atoms with Crippen LogP contribution >= 0.6 is 0 Å². The molecule has 1 aromatic heterocycles. The highest BCUT2D eigenvalue weighted by Gasteiger charge is 2.33. The van der Waals surface area contributed by atoms with Crippen molar-refractivity contribution in [1.29, 1.82) is 0 Å². The van der Waals surface area contributed by atoms with Crippen LogP contribution in [0.3, 0.4) is 0 Å². The Labute approximate surface area is 136 Å². The molecule has 0 bridgehead atoms. The van der Waals surface area contributed by atoms with Crippen LogP contribution in [0.5, 0.6) is 0 Å². The number of aromatic nitrogens is 2. The second kappa shape index (κ2) is 6.52. The van der Waals surface area contributed by atoms with E-state index in [2.05, 4.69) is 15.5 Å². The highest BCUT2D eigenvalue weighted by molar-refractivity contribution is 5.54. The van der Waals surface area contributed by atoms with Crippen molar-refractivity contribution in [3.05, 3.63) is 35.7 Å². The fourth-order valence-electron chi connectivity index (χ4n) is 2.96. The van der Waals surface area contributed by atoms with Crippen LogP contribution in [0.25, 0.3) is 11.4 Å². The van der Waals surface area contributed by atoms with Gasteiger partial charge in [0.2, 0.25) is 11.7 Å². The molecular weight excluding hydrogens is 323 g/mol. The van der Waals surface area contributed by atoms with Gasteiger partial charge in [0.1, 0.15) is 0 Å². The molecule has 0 unspecified atom stereocenters. The van der Waals surface area contributed by atoms with Crippen LogP contribution in [-0.2, 0) is 12.7 Å². The molecule has 0 spiro atoms. The third-order valence-corrected chi connectivity index (χ3v) is 4.42. The summed E-state index contributed by atoms with van der Waals surface area (Å²) in [5.74, 6) is 0.578. The number of nitrogens with zero attached hydrogens (tertiary/aromatic N) is 2. The molecule has 3 rings (SSSR count). The molecule has 1 aromatic carbocycles. The molecule has 2 N–H and O–H groups in total.